The number of alkyl halides is 9. The number of hydrogen-bond acceptors (Lipinski definition) is 5. The number of benzene rings is 3. The van der Waals surface area contributed by atoms with E-state index in [1.807, 2.05) is 0 Å². The predicted octanol–water partition coefficient (Wildman–Crippen LogP) is 6.92. The second-order valence-corrected chi connectivity index (χ2v) is 7.96. The van der Waals surface area contributed by atoms with Crippen LogP contribution in [0.5, 0.6) is 23.0 Å². The highest BCUT2D eigenvalue weighted by Gasteiger charge is 2.44. The van der Waals surface area contributed by atoms with E-state index in [-0.39, 0.29) is 28.4 Å². The minimum Gasteiger partial charge on any atom is -0.457 e. The fraction of sp³-hybridized carbons (Fsp3) is 0.280. The molecule has 0 saturated heterocycles. The molecule has 0 bridgehead atoms. The lowest BCUT2D eigenvalue weighted by atomic mass is 9.98. The molecule has 0 aliphatic heterocycles. The van der Waals surface area contributed by atoms with Gasteiger partial charge >= 0.3 is 25.3 Å². The Morgan fingerprint density at radius 1 is 0.718 bits per heavy atom. The summed E-state index contributed by atoms with van der Waals surface area (Å²) in [7, 11) is 0. The molecule has 2 atom stereocenters. The summed E-state index contributed by atoms with van der Waals surface area (Å²) in [4.78, 5) is 0. The molecule has 0 heterocycles. The van der Waals surface area contributed by atoms with Crippen molar-refractivity contribution in [1.29, 1.82) is 0 Å². The van der Waals surface area contributed by atoms with Crippen LogP contribution in [0.2, 0.25) is 0 Å². The Labute approximate surface area is 215 Å². The maximum absolute atomic E-state index is 13.4. The molecule has 0 aromatic heterocycles. The minimum absolute atomic E-state index is 0.0245. The fourth-order valence-electron chi connectivity index (χ4n) is 3.34. The summed E-state index contributed by atoms with van der Waals surface area (Å²) in [5.41, 5.74) is 0.232. The van der Waals surface area contributed by atoms with Crippen LogP contribution < -0.4 is 19.5 Å². The van der Waals surface area contributed by atoms with Crippen LogP contribution >= 0.6 is 0 Å². The summed E-state index contributed by atoms with van der Waals surface area (Å²) in [5, 5.41) is 11.9. The van der Waals surface area contributed by atoms with Gasteiger partial charge in [-0.15, -0.1) is 0 Å². The fourth-order valence-corrected chi connectivity index (χ4v) is 3.34. The van der Waals surface area contributed by atoms with E-state index in [1.54, 1.807) is 0 Å². The quantitative estimate of drug-likeness (QED) is 0.232. The Morgan fingerprint density at radius 2 is 1.23 bits per heavy atom. The van der Waals surface area contributed by atoms with Gasteiger partial charge in [0, 0.05) is 12.6 Å². The second-order valence-electron chi connectivity index (χ2n) is 7.96. The minimum atomic E-state index is -4.97. The lowest BCUT2D eigenvalue weighted by molar-refractivity contribution is -0.253. The van der Waals surface area contributed by atoms with Crippen molar-refractivity contribution in [2.45, 2.75) is 37.5 Å². The van der Waals surface area contributed by atoms with Crippen molar-refractivity contribution < 1.29 is 58.8 Å². The topological polar surface area (TPSA) is 60.0 Å². The van der Waals surface area contributed by atoms with Gasteiger partial charge < -0.3 is 24.6 Å². The van der Waals surface area contributed by atoms with Gasteiger partial charge in [0.1, 0.15) is 23.0 Å². The molecule has 212 valence electrons. The van der Waals surface area contributed by atoms with Crippen LogP contribution in [0, 0.1) is 0 Å². The van der Waals surface area contributed by atoms with Crippen molar-refractivity contribution in [2.24, 2.45) is 0 Å². The van der Waals surface area contributed by atoms with Crippen molar-refractivity contribution in [3.05, 3.63) is 83.9 Å². The molecule has 0 amide bonds. The number of halogens is 9. The van der Waals surface area contributed by atoms with Crippen molar-refractivity contribution in [1.82, 2.24) is 5.32 Å². The summed E-state index contributed by atoms with van der Waals surface area (Å²) in [6.45, 7) is -4.10. The van der Waals surface area contributed by atoms with Crippen LogP contribution in [0.1, 0.15) is 17.2 Å². The summed E-state index contributed by atoms with van der Waals surface area (Å²) < 4.78 is 130. The third kappa shape index (κ3) is 8.68. The average molecular weight is 569 g/mol. The Bertz CT molecular complexity index is 1220. The van der Waals surface area contributed by atoms with E-state index in [4.69, 9.17) is 4.74 Å². The van der Waals surface area contributed by atoms with Crippen LogP contribution in [0.25, 0.3) is 0 Å². The summed E-state index contributed by atoms with van der Waals surface area (Å²) in [6, 6.07) is 14.0. The molecule has 3 aromatic carbocycles. The summed E-state index contributed by atoms with van der Waals surface area (Å²) >= 11 is 0. The van der Waals surface area contributed by atoms with Gasteiger partial charge in [0.05, 0.1) is 6.04 Å². The Hall–Kier alpha value is -3.65. The Balaban J connectivity index is 1.93. The number of aliphatic hydroxyl groups is 1. The van der Waals surface area contributed by atoms with Gasteiger partial charge in [-0.05, 0) is 47.5 Å². The van der Waals surface area contributed by atoms with Crippen LogP contribution in [0.15, 0.2) is 72.8 Å². The lowest BCUT2D eigenvalue weighted by Crippen LogP contribution is -2.40. The first-order chi connectivity index (χ1) is 18.2. The first-order valence-electron chi connectivity index (χ1n) is 11.0. The second kappa shape index (κ2) is 12.5. The standard InChI is InChI=1S/C25H20F9NO4/c26-22(27)25(33,34)39-19-9-2-5-15(11-19)21(35-13-20(36)24(30,31)32)14-4-1-6-16(10-14)37-17-7-3-8-18(12-17)38-23(28)29/h1-12,20-23,35-36H,13H2/t20-,21?/m1/s1. The molecule has 39 heavy (non-hydrogen) atoms. The highest BCUT2D eigenvalue weighted by molar-refractivity contribution is 5.42. The first kappa shape index (κ1) is 29.9. The largest absolute Gasteiger partial charge is 0.461 e. The molecule has 3 rings (SSSR count). The molecular weight excluding hydrogens is 549 g/mol. The molecule has 0 fully saturated rings. The van der Waals surface area contributed by atoms with Crippen molar-refractivity contribution in [3.8, 4) is 23.0 Å². The van der Waals surface area contributed by atoms with E-state index in [0.29, 0.717) is 0 Å². The van der Waals surface area contributed by atoms with E-state index in [0.717, 1.165) is 24.3 Å². The number of rotatable bonds is 12. The van der Waals surface area contributed by atoms with E-state index >= 15 is 0 Å². The van der Waals surface area contributed by atoms with E-state index in [1.165, 1.54) is 48.5 Å². The molecule has 3 aromatic rings. The molecule has 0 saturated carbocycles. The zero-order chi connectivity index (χ0) is 28.8. The van der Waals surface area contributed by atoms with Gasteiger partial charge in [-0.25, -0.2) is 0 Å². The van der Waals surface area contributed by atoms with Crippen molar-refractivity contribution in [2.75, 3.05) is 6.54 Å². The van der Waals surface area contributed by atoms with Gasteiger partial charge in [0.25, 0.3) is 0 Å². The number of ether oxygens (including phenoxy) is 3. The van der Waals surface area contributed by atoms with Crippen molar-refractivity contribution >= 4 is 0 Å². The maximum Gasteiger partial charge on any atom is 0.461 e. The molecule has 1 unspecified atom stereocenters. The van der Waals surface area contributed by atoms with Crippen molar-refractivity contribution in [3.63, 3.8) is 0 Å². The van der Waals surface area contributed by atoms with Gasteiger partial charge in [-0.3, -0.25) is 0 Å². The third-order valence-corrected chi connectivity index (χ3v) is 5.05. The smallest absolute Gasteiger partial charge is 0.457 e. The molecule has 14 heteroatoms. The molecule has 0 radical (unpaired) electrons. The van der Waals surface area contributed by atoms with Crippen LogP contribution in [-0.2, 0) is 0 Å². The summed E-state index contributed by atoms with van der Waals surface area (Å²) in [5.74, 6) is -0.714. The van der Waals surface area contributed by atoms with E-state index < -0.39 is 49.8 Å². The van der Waals surface area contributed by atoms with Gasteiger partial charge in [-0.2, -0.15) is 39.5 Å². The normalized spacial score (nSPS) is 13.8. The van der Waals surface area contributed by atoms with E-state index in [9.17, 15) is 44.6 Å². The molecule has 0 aliphatic carbocycles. The van der Waals surface area contributed by atoms with Crippen LogP contribution in [0.4, 0.5) is 39.5 Å². The van der Waals surface area contributed by atoms with Gasteiger partial charge in [0.2, 0.25) is 0 Å². The number of nitrogens with one attached hydrogen (secondary N) is 1. The Morgan fingerprint density at radius 3 is 1.79 bits per heavy atom. The Kier molecular flexibility index (Phi) is 9.56. The highest BCUT2D eigenvalue weighted by Crippen LogP contribution is 2.33. The molecule has 2 N–H and O–H groups in total. The predicted molar refractivity (Wildman–Crippen MR) is 120 cm³/mol. The lowest BCUT2D eigenvalue weighted by Gasteiger charge is -2.24. The molecule has 0 aliphatic rings. The first-order valence-corrected chi connectivity index (χ1v) is 11.0. The number of hydrogen-bond donors (Lipinski definition) is 2. The van der Waals surface area contributed by atoms with Crippen LogP contribution in [0.3, 0.4) is 0 Å². The molecular formula is C25H20F9NO4. The highest BCUT2D eigenvalue weighted by atomic mass is 19.4. The van der Waals surface area contributed by atoms with Gasteiger partial charge in [-0.1, -0.05) is 30.3 Å². The average Bonchev–Trinajstić information content (AvgIpc) is 2.83. The third-order valence-electron chi connectivity index (χ3n) is 5.05. The molecule has 5 nitrogen and oxygen atoms in total. The maximum atomic E-state index is 13.4. The number of aliphatic hydroxyl groups excluding tert-OH is 1. The monoisotopic (exact) mass is 569 g/mol. The van der Waals surface area contributed by atoms with Crippen LogP contribution in [-0.4, -0.2) is 43.1 Å². The van der Waals surface area contributed by atoms with Gasteiger partial charge in [0.15, 0.2) is 6.10 Å². The summed E-state index contributed by atoms with van der Waals surface area (Å²) in [6.07, 6.45) is -16.7. The van der Waals surface area contributed by atoms with E-state index in [2.05, 4.69) is 14.8 Å². The zero-order valence-electron chi connectivity index (χ0n) is 19.5. The zero-order valence-corrected chi connectivity index (χ0v) is 19.5. The SMILES string of the molecule is O[C@H](CNC(c1cccc(Oc2cccc(OC(F)F)c2)c1)c1cccc(OC(F)(F)C(F)F)c1)C(F)(F)F. The molecule has 0 spiro atoms.